The SMILES string of the molecule is CCCC1CC1NC(=NC)NCC(C)Cc1cccs1. The fourth-order valence-electron chi connectivity index (χ4n) is 2.60. The second-order valence-electron chi connectivity index (χ2n) is 5.88. The van der Waals surface area contributed by atoms with E-state index in [1.165, 1.54) is 24.1 Å². The van der Waals surface area contributed by atoms with E-state index in [0.29, 0.717) is 12.0 Å². The van der Waals surface area contributed by atoms with Gasteiger partial charge in [0.05, 0.1) is 0 Å². The number of hydrogen-bond donors (Lipinski definition) is 2. The minimum absolute atomic E-state index is 0.623. The van der Waals surface area contributed by atoms with Crippen molar-refractivity contribution >= 4 is 17.3 Å². The highest BCUT2D eigenvalue weighted by atomic mass is 32.1. The lowest BCUT2D eigenvalue weighted by atomic mass is 10.1. The number of aliphatic imine (C=N–C) groups is 1. The van der Waals surface area contributed by atoms with Gasteiger partial charge in [-0.2, -0.15) is 0 Å². The van der Waals surface area contributed by atoms with Gasteiger partial charge in [0.25, 0.3) is 0 Å². The zero-order chi connectivity index (χ0) is 14.4. The maximum absolute atomic E-state index is 4.33. The van der Waals surface area contributed by atoms with Crippen molar-refractivity contribution in [3.8, 4) is 0 Å². The van der Waals surface area contributed by atoms with E-state index < -0.39 is 0 Å². The van der Waals surface area contributed by atoms with Crippen LogP contribution >= 0.6 is 11.3 Å². The Morgan fingerprint density at radius 3 is 3.05 bits per heavy atom. The van der Waals surface area contributed by atoms with Gasteiger partial charge in [-0.15, -0.1) is 11.3 Å². The van der Waals surface area contributed by atoms with E-state index in [2.05, 4.69) is 47.0 Å². The molecule has 4 heteroatoms. The van der Waals surface area contributed by atoms with Gasteiger partial charge in [0.2, 0.25) is 0 Å². The molecule has 1 fully saturated rings. The van der Waals surface area contributed by atoms with Gasteiger partial charge >= 0.3 is 0 Å². The summed E-state index contributed by atoms with van der Waals surface area (Å²) in [6.45, 7) is 5.52. The van der Waals surface area contributed by atoms with Crippen molar-refractivity contribution in [2.75, 3.05) is 13.6 Å². The van der Waals surface area contributed by atoms with Crippen LogP contribution in [-0.4, -0.2) is 25.6 Å². The summed E-state index contributed by atoms with van der Waals surface area (Å²) in [6, 6.07) is 4.99. The first-order valence-corrected chi connectivity index (χ1v) is 8.60. The molecular formula is C16H27N3S. The lowest BCUT2D eigenvalue weighted by molar-refractivity contribution is 0.559. The van der Waals surface area contributed by atoms with Crippen LogP contribution in [0.15, 0.2) is 22.5 Å². The van der Waals surface area contributed by atoms with Crippen LogP contribution in [0.5, 0.6) is 0 Å². The molecule has 0 bridgehead atoms. The zero-order valence-corrected chi connectivity index (χ0v) is 13.7. The fourth-order valence-corrected chi connectivity index (χ4v) is 3.47. The number of nitrogens with zero attached hydrogens (tertiary/aromatic N) is 1. The Morgan fingerprint density at radius 2 is 2.40 bits per heavy atom. The normalized spacial score (nSPS) is 23.4. The molecule has 1 aromatic rings. The van der Waals surface area contributed by atoms with Gasteiger partial charge in [-0.1, -0.05) is 26.3 Å². The molecule has 2 rings (SSSR count). The predicted octanol–water partition coefficient (Wildman–Crippen LogP) is 3.28. The van der Waals surface area contributed by atoms with E-state index in [1.54, 1.807) is 0 Å². The first-order valence-electron chi connectivity index (χ1n) is 7.72. The van der Waals surface area contributed by atoms with Gasteiger partial charge < -0.3 is 10.6 Å². The minimum atomic E-state index is 0.623. The predicted molar refractivity (Wildman–Crippen MR) is 88.5 cm³/mol. The van der Waals surface area contributed by atoms with Crippen LogP contribution in [0.4, 0.5) is 0 Å². The lowest BCUT2D eigenvalue weighted by Gasteiger charge is -2.15. The molecule has 3 unspecified atom stereocenters. The summed E-state index contributed by atoms with van der Waals surface area (Å²) in [7, 11) is 1.86. The van der Waals surface area contributed by atoms with Crippen LogP contribution < -0.4 is 10.6 Å². The third-order valence-corrected chi connectivity index (χ3v) is 4.77. The highest BCUT2D eigenvalue weighted by molar-refractivity contribution is 7.09. The molecule has 0 aliphatic heterocycles. The molecule has 0 radical (unpaired) electrons. The van der Waals surface area contributed by atoms with E-state index >= 15 is 0 Å². The molecule has 1 aliphatic rings. The second-order valence-corrected chi connectivity index (χ2v) is 6.91. The van der Waals surface area contributed by atoms with E-state index in [9.17, 15) is 0 Å². The molecule has 1 aliphatic carbocycles. The van der Waals surface area contributed by atoms with E-state index in [-0.39, 0.29) is 0 Å². The van der Waals surface area contributed by atoms with Crippen LogP contribution in [0.25, 0.3) is 0 Å². The van der Waals surface area contributed by atoms with Gasteiger partial charge in [-0.25, -0.2) is 0 Å². The summed E-state index contributed by atoms with van der Waals surface area (Å²) in [5, 5.41) is 9.14. The van der Waals surface area contributed by atoms with E-state index in [4.69, 9.17) is 0 Å². The largest absolute Gasteiger partial charge is 0.356 e. The summed E-state index contributed by atoms with van der Waals surface area (Å²) in [4.78, 5) is 5.79. The Hall–Kier alpha value is -1.03. The molecule has 2 N–H and O–H groups in total. The molecule has 0 amide bonds. The summed E-state index contributed by atoms with van der Waals surface area (Å²) >= 11 is 1.84. The summed E-state index contributed by atoms with van der Waals surface area (Å²) in [5.41, 5.74) is 0. The summed E-state index contributed by atoms with van der Waals surface area (Å²) < 4.78 is 0. The molecule has 1 heterocycles. The van der Waals surface area contributed by atoms with E-state index in [0.717, 1.165) is 24.8 Å². The molecule has 1 saturated carbocycles. The van der Waals surface area contributed by atoms with Crippen molar-refractivity contribution in [1.29, 1.82) is 0 Å². The fraction of sp³-hybridized carbons (Fsp3) is 0.688. The summed E-state index contributed by atoms with van der Waals surface area (Å²) in [5.74, 6) is 2.45. The molecule has 1 aromatic heterocycles. The average Bonchev–Trinajstić information content (AvgIpc) is 2.95. The van der Waals surface area contributed by atoms with Crippen LogP contribution in [0, 0.1) is 11.8 Å². The third kappa shape index (κ3) is 4.82. The minimum Gasteiger partial charge on any atom is -0.356 e. The van der Waals surface area contributed by atoms with Gasteiger partial charge in [0.15, 0.2) is 5.96 Å². The molecule has 0 spiro atoms. The summed E-state index contributed by atoms with van der Waals surface area (Å²) in [6.07, 6.45) is 5.07. The van der Waals surface area contributed by atoms with Crippen molar-refractivity contribution in [2.24, 2.45) is 16.8 Å². The number of guanidine groups is 1. The molecule has 112 valence electrons. The Bertz CT molecular complexity index is 413. The smallest absolute Gasteiger partial charge is 0.191 e. The molecule has 0 aromatic carbocycles. The first kappa shape index (κ1) is 15.4. The molecule has 20 heavy (non-hydrogen) atoms. The van der Waals surface area contributed by atoms with Crippen molar-refractivity contribution in [3.05, 3.63) is 22.4 Å². The van der Waals surface area contributed by atoms with Crippen molar-refractivity contribution in [2.45, 2.75) is 45.6 Å². The Kier molecular flexibility index (Phi) is 5.89. The maximum atomic E-state index is 4.33. The van der Waals surface area contributed by atoms with Gasteiger partial charge in [-0.3, -0.25) is 4.99 Å². The number of hydrogen-bond acceptors (Lipinski definition) is 2. The molecule has 0 saturated heterocycles. The zero-order valence-electron chi connectivity index (χ0n) is 12.9. The average molecular weight is 293 g/mol. The van der Waals surface area contributed by atoms with E-state index in [1.807, 2.05) is 18.4 Å². The van der Waals surface area contributed by atoms with Gasteiger partial charge in [-0.05, 0) is 42.5 Å². The van der Waals surface area contributed by atoms with Crippen LogP contribution in [0.2, 0.25) is 0 Å². The molecular weight excluding hydrogens is 266 g/mol. The second kappa shape index (κ2) is 7.67. The number of thiophene rings is 1. The Morgan fingerprint density at radius 1 is 1.55 bits per heavy atom. The van der Waals surface area contributed by atoms with Crippen molar-refractivity contribution in [3.63, 3.8) is 0 Å². The first-order chi connectivity index (χ1) is 9.72. The Balaban J connectivity index is 1.66. The van der Waals surface area contributed by atoms with Gasteiger partial charge in [0.1, 0.15) is 0 Å². The van der Waals surface area contributed by atoms with Crippen LogP contribution in [-0.2, 0) is 6.42 Å². The van der Waals surface area contributed by atoms with Gasteiger partial charge in [0, 0.05) is 24.5 Å². The third-order valence-electron chi connectivity index (χ3n) is 3.88. The highest BCUT2D eigenvalue weighted by Gasteiger charge is 2.36. The maximum Gasteiger partial charge on any atom is 0.191 e. The number of rotatable bonds is 7. The number of nitrogens with one attached hydrogen (secondary N) is 2. The quantitative estimate of drug-likeness (QED) is 0.598. The van der Waals surface area contributed by atoms with Crippen molar-refractivity contribution in [1.82, 2.24) is 10.6 Å². The molecule has 3 atom stereocenters. The highest BCUT2D eigenvalue weighted by Crippen LogP contribution is 2.34. The topological polar surface area (TPSA) is 36.4 Å². The standard InChI is InChI=1S/C16H27N3S/c1-4-6-13-10-15(13)19-16(17-3)18-11-12(2)9-14-7-5-8-20-14/h5,7-8,12-13,15H,4,6,9-11H2,1-3H3,(H2,17,18,19). The Labute approximate surface area is 126 Å². The van der Waals surface area contributed by atoms with Crippen molar-refractivity contribution < 1.29 is 0 Å². The van der Waals surface area contributed by atoms with Crippen LogP contribution in [0.3, 0.4) is 0 Å². The lowest BCUT2D eigenvalue weighted by Crippen LogP contribution is -2.41. The molecule has 3 nitrogen and oxygen atoms in total. The van der Waals surface area contributed by atoms with Crippen LogP contribution in [0.1, 0.15) is 38.0 Å². The monoisotopic (exact) mass is 293 g/mol.